The molecule has 0 bridgehead atoms. The molecule has 0 radical (unpaired) electrons. The Hall–Kier alpha value is -0.130. The lowest BCUT2D eigenvalue weighted by molar-refractivity contribution is 0.158. The van der Waals surface area contributed by atoms with Gasteiger partial charge in [0.15, 0.2) is 0 Å². The minimum absolute atomic E-state index is 0.314. The molecule has 2 saturated carbocycles. The third kappa shape index (κ3) is 3.55. The molecule has 2 aliphatic rings. The van der Waals surface area contributed by atoms with Gasteiger partial charge in [-0.2, -0.15) is 4.31 Å². The van der Waals surface area contributed by atoms with Crippen molar-refractivity contribution >= 4 is 10.0 Å². The van der Waals surface area contributed by atoms with Crippen LogP contribution in [0.25, 0.3) is 0 Å². The van der Waals surface area contributed by atoms with Gasteiger partial charge in [-0.25, -0.2) is 8.42 Å². The number of hydrogen-bond acceptors (Lipinski definition) is 3. The molecule has 2 aliphatic carbocycles. The topological polar surface area (TPSA) is 63.4 Å². The van der Waals surface area contributed by atoms with Gasteiger partial charge in [0.05, 0.1) is 5.75 Å². The third-order valence-electron chi connectivity index (χ3n) is 5.42. The number of nitrogens with two attached hydrogens (primary N) is 1. The molecule has 0 amide bonds. The predicted molar refractivity (Wildman–Crippen MR) is 83.0 cm³/mol. The van der Waals surface area contributed by atoms with Crippen LogP contribution in [0.4, 0.5) is 0 Å². The van der Waals surface area contributed by atoms with Crippen LogP contribution in [0.2, 0.25) is 0 Å². The van der Waals surface area contributed by atoms with Crippen LogP contribution in [0.3, 0.4) is 0 Å². The molecule has 0 atom stereocenters. The Morgan fingerprint density at radius 2 is 1.60 bits per heavy atom. The monoisotopic (exact) mass is 302 g/mol. The van der Waals surface area contributed by atoms with E-state index >= 15 is 0 Å². The van der Waals surface area contributed by atoms with E-state index in [2.05, 4.69) is 0 Å². The smallest absolute Gasteiger partial charge is 0.214 e. The van der Waals surface area contributed by atoms with Gasteiger partial charge >= 0.3 is 0 Å². The quantitative estimate of drug-likeness (QED) is 0.848. The van der Waals surface area contributed by atoms with E-state index in [0.29, 0.717) is 18.2 Å². The second-order valence-corrected chi connectivity index (χ2v) is 8.78. The first-order valence-electron chi connectivity index (χ1n) is 8.17. The van der Waals surface area contributed by atoms with Crippen LogP contribution in [-0.4, -0.2) is 37.6 Å². The van der Waals surface area contributed by atoms with Crippen molar-refractivity contribution in [2.24, 2.45) is 11.7 Å². The first kappa shape index (κ1) is 16.2. The Bertz CT molecular complexity index is 396. The Balaban J connectivity index is 2.06. The molecule has 2 N–H and O–H groups in total. The van der Waals surface area contributed by atoms with Crippen LogP contribution in [-0.2, 0) is 10.0 Å². The van der Waals surface area contributed by atoms with Crippen LogP contribution >= 0.6 is 0 Å². The summed E-state index contributed by atoms with van der Waals surface area (Å²) in [5, 5.41) is 0. The van der Waals surface area contributed by atoms with Crippen LogP contribution in [0.5, 0.6) is 0 Å². The van der Waals surface area contributed by atoms with Crippen molar-refractivity contribution in [3.05, 3.63) is 0 Å². The van der Waals surface area contributed by atoms with Crippen molar-refractivity contribution in [2.75, 3.05) is 19.3 Å². The van der Waals surface area contributed by atoms with Crippen LogP contribution < -0.4 is 5.73 Å². The first-order chi connectivity index (χ1) is 9.50. The highest BCUT2D eigenvalue weighted by molar-refractivity contribution is 7.89. The van der Waals surface area contributed by atoms with Crippen molar-refractivity contribution in [3.8, 4) is 0 Å². The number of sulfonamides is 1. The molecule has 4 nitrogen and oxygen atoms in total. The zero-order chi connectivity index (χ0) is 14.6. The highest BCUT2D eigenvalue weighted by Gasteiger charge is 2.41. The SMILES string of the molecule is CN(C1(CN)CCCCC1)S(=O)(=O)CC1CCCCC1. The summed E-state index contributed by atoms with van der Waals surface area (Å²) in [6.07, 6.45) is 11.0. The van der Waals surface area contributed by atoms with Gasteiger partial charge in [-0.3, -0.25) is 0 Å². The molecular formula is C15H30N2O2S. The Labute approximate surface area is 124 Å². The zero-order valence-electron chi connectivity index (χ0n) is 12.8. The minimum Gasteiger partial charge on any atom is -0.329 e. The van der Waals surface area contributed by atoms with Crippen LogP contribution in [0.1, 0.15) is 64.2 Å². The van der Waals surface area contributed by atoms with Gasteiger partial charge in [0, 0.05) is 19.1 Å². The van der Waals surface area contributed by atoms with E-state index in [4.69, 9.17) is 5.73 Å². The normalized spacial score (nSPS) is 24.9. The molecule has 0 heterocycles. The fourth-order valence-electron chi connectivity index (χ4n) is 3.92. The standard InChI is InChI=1S/C15H30N2O2S/c1-17(15(13-16)10-6-3-7-11-15)20(18,19)12-14-8-4-2-5-9-14/h14H,2-13,16H2,1H3. The van der Waals surface area contributed by atoms with Gasteiger partial charge in [-0.15, -0.1) is 0 Å². The molecule has 0 unspecified atom stereocenters. The Kier molecular flexibility index (Phi) is 5.49. The van der Waals surface area contributed by atoms with Gasteiger partial charge in [0.25, 0.3) is 0 Å². The molecule has 0 aromatic carbocycles. The third-order valence-corrected chi connectivity index (χ3v) is 7.53. The maximum atomic E-state index is 12.7. The second kappa shape index (κ2) is 6.75. The molecule has 0 aromatic rings. The van der Waals surface area contributed by atoms with Crippen molar-refractivity contribution in [1.29, 1.82) is 0 Å². The Morgan fingerprint density at radius 1 is 1.05 bits per heavy atom. The van der Waals surface area contributed by atoms with E-state index in [-0.39, 0.29) is 5.54 Å². The average molecular weight is 302 g/mol. The molecule has 5 heteroatoms. The molecule has 0 saturated heterocycles. The molecular weight excluding hydrogens is 272 g/mol. The van der Waals surface area contributed by atoms with Crippen molar-refractivity contribution in [2.45, 2.75) is 69.7 Å². The summed E-state index contributed by atoms with van der Waals surface area (Å²) in [6.45, 7) is 0.452. The Morgan fingerprint density at radius 3 is 2.15 bits per heavy atom. The van der Waals surface area contributed by atoms with E-state index in [0.717, 1.165) is 38.5 Å². The predicted octanol–water partition coefficient (Wildman–Crippen LogP) is 2.49. The summed E-state index contributed by atoms with van der Waals surface area (Å²) < 4.78 is 27.1. The molecule has 2 fully saturated rings. The van der Waals surface area contributed by atoms with Crippen LogP contribution in [0, 0.1) is 5.92 Å². The van der Waals surface area contributed by atoms with Crippen molar-refractivity contribution in [3.63, 3.8) is 0 Å². The highest BCUT2D eigenvalue weighted by Crippen LogP contribution is 2.35. The number of nitrogens with zero attached hydrogens (tertiary/aromatic N) is 1. The summed E-state index contributed by atoms with van der Waals surface area (Å²) in [5.41, 5.74) is 5.65. The molecule has 0 spiro atoms. The fraction of sp³-hybridized carbons (Fsp3) is 1.00. The summed E-state index contributed by atoms with van der Waals surface area (Å²) in [4.78, 5) is 0. The maximum absolute atomic E-state index is 12.7. The fourth-order valence-corrected chi connectivity index (χ4v) is 5.92. The lowest BCUT2D eigenvalue weighted by Gasteiger charge is -2.43. The van der Waals surface area contributed by atoms with Gasteiger partial charge in [-0.05, 0) is 31.6 Å². The van der Waals surface area contributed by atoms with Crippen molar-refractivity contribution < 1.29 is 8.42 Å². The highest BCUT2D eigenvalue weighted by atomic mass is 32.2. The lowest BCUT2D eigenvalue weighted by atomic mass is 9.82. The van der Waals surface area contributed by atoms with Gasteiger partial charge in [0.1, 0.15) is 0 Å². The largest absolute Gasteiger partial charge is 0.329 e. The average Bonchev–Trinajstić information content (AvgIpc) is 2.48. The van der Waals surface area contributed by atoms with Gasteiger partial charge in [0.2, 0.25) is 10.0 Å². The number of hydrogen-bond donors (Lipinski definition) is 1. The maximum Gasteiger partial charge on any atom is 0.214 e. The summed E-state index contributed by atoms with van der Waals surface area (Å²) in [6, 6.07) is 0. The summed E-state index contributed by atoms with van der Waals surface area (Å²) in [7, 11) is -1.42. The lowest BCUT2D eigenvalue weighted by Crippen LogP contribution is -2.56. The van der Waals surface area contributed by atoms with E-state index in [1.807, 2.05) is 0 Å². The van der Waals surface area contributed by atoms with E-state index in [1.54, 1.807) is 11.4 Å². The zero-order valence-corrected chi connectivity index (χ0v) is 13.6. The molecule has 2 rings (SSSR count). The van der Waals surface area contributed by atoms with Crippen LogP contribution in [0.15, 0.2) is 0 Å². The number of rotatable bonds is 5. The van der Waals surface area contributed by atoms with Crippen molar-refractivity contribution in [1.82, 2.24) is 4.31 Å². The van der Waals surface area contributed by atoms with Gasteiger partial charge in [-0.1, -0.05) is 38.5 Å². The summed E-state index contributed by atoms with van der Waals surface area (Å²) in [5.74, 6) is 0.681. The van der Waals surface area contributed by atoms with E-state index in [9.17, 15) is 8.42 Å². The van der Waals surface area contributed by atoms with Gasteiger partial charge < -0.3 is 5.73 Å². The van der Waals surface area contributed by atoms with E-state index in [1.165, 1.54) is 25.7 Å². The minimum atomic E-state index is -3.18. The molecule has 0 aromatic heterocycles. The second-order valence-electron chi connectivity index (χ2n) is 6.74. The molecule has 118 valence electrons. The van der Waals surface area contributed by atoms with E-state index < -0.39 is 10.0 Å². The number of likely N-dealkylation sites (N-methyl/N-ethyl adjacent to an activating group) is 1. The molecule has 20 heavy (non-hydrogen) atoms. The molecule has 0 aliphatic heterocycles. The summed E-state index contributed by atoms with van der Waals surface area (Å²) >= 11 is 0. The first-order valence-corrected chi connectivity index (χ1v) is 9.78.